The molecule has 1 N–H and O–H groups in total. The van der Waals surface area contributed by atoms with Gasteiger partial charge in [0.2, 0.25) is 0 Å². The summed E-state index contributed by atoms with van der Waals surface area (Å²) in [5.41, 5.74) is 3.31. The van der Waals surface area contributed by atoms with Crippen molar-refractivity contribution in [2.24, 2.45) is 0 Å². The Labute approximate surface area is 131 Å². The zero-order valence-corrected chi connectivity index (χ0v) is 13.4. The number of ether oxygens (including phenoxy) is 1. The van der Waals surface area contributed by atoms with Crippen LogP contribution in [0.15, 0.2) is 42.5 Å². The highest BCUT2D eigenvalue weighted by Gasteiger charge is 2.05. The van der Waals surface area contributed by atoms with Gasteiger partial charge in [0.15, 0.2) is 0 Å². The zero-order valence-electron chi connectivity index (χ0n) is 12.7. The molecule has 112 valence electrons. The molecule has 4 heteroatoms. The Kier molecular flexibility index (Phi) is 5.34. The van der Waals surface area contributed by atoms with E-state index < -0.39 is 0 Å². The molecule has 2 rings (SSSR count). The Hall–Kier alpha value is -1.87. The SMILES string of the molecule is CCOc1cccc(CNc2cc(Cl)ccc2N(C)C)c1. The smallest absolute Gasteiger partial charge is 0.119 e. The van der Waals surface area contributed by atoms with Crippen LogP contribution in [-0.4, -0.2) is 20.7 Å². The maximum atomic E-state index is 6.09. The fraction of sp³-hybridized carbons (Fsp3) is 0.294. The molecule has 0 aliphatic rings. The van der Waals surface area contributed by atoms with E-state index in [1.165, 1.54) is 5.56 Å². The Morgan fingerprint density at radius 2 is 1.95 bits per heavy atom. The van der Waals surface area contributed by atoms with Crippen LogP contribution in [0.25, 0.3) is 0 Å². The highest BCUT2D eigenvalue weighted by atomic mass is 35.5. The van der Waals surface area contributed by atoms with Crippen LogP contribution in [0.5, 0.6) is 5.75 Å². The Bertz CT molecular complexity index is 599. The first kappa shape index (κ1) is 15.5. The van der Waals surface area contributed by atoms with Crippen molar-refractivity contribution in [1.29, 1.82) is 0 Å². The standard InChI is InChI=1S/C17H21ClN2O/c1-4-21-15-7-5-6-13(10-15)12-19-16-11-14(18)8-9-17(16)20(2)3/h5-11,19H,4,12H2,1-3H3. The Morgan fingerprint density at radius 1 is 1.14 bits per heavy atom. The van der Waals surface area contributed by atoms with Crippen molar-refractivity contribution in [2.45, 2.75) is 13.5 Å². The number of halogens is 1. The lowest BCUT2D eigenvalue weighted by molar-refractivity contribution is 0.340. The molecule has 0 saturated heterocycles. The molecule has 2 aromatic rings. The lowest BCUT2D eigenvalue weighted by Crippen LogP contribution is -2.12. The van der Waals surface area contributed by atoms with Crippen LogP contribution >= 0.6 is 11.6 Å². The molecule has 0 amide bonds. The predicted molar refractivity (Wildman–Crippen MR) is 90.7 cm³/mol. The Morgan fingerprint density at radius 3 is 2.67 bits per heavy atom. The molecule has 0 atom stereocenters. The van der Waals surface area contributed by atoms with E-state index in [9.17, 15) is 0 Å². The second kappa shape index (κ2) is 7.23. The molecule has 0 aliphatic carbocycles. The molecule has 2 aromatic carbocycles. The number of hydrogen-bond acceptors (Lipinski definition) is 3. The minimum atomic E-state index is 0.677. The van der Waals surface area contributed by atoms with E-state index in [1.54, 1.807) is 0 Å². The largest absolute Gasteiger partial charge is 0.494 e. The van der Waals surface area contributed by atoms with Crippen molar-refractivity contribution in [2.75, 3.05) is 30.9 Å². The van der Waals surface area contributed by atoms with Gasteiger partial charge in [0.05, 0.1) is 18.0 Å². The van der Waals surface area contributed by atoms with Gasteiger partial charge < -0.3 is 15.0 Å². The zero-order chi connectivity index (χ0) is 15.2. The lowest BCUT2D eigenvalue weighted by Gasteiger charge is -2.19. The summed E-state index contributed by atoms with van der Waals surface area (Å²) < 4.78 is 5.52. The fourth-order valence-corrected chi connectivity index (χ4v) is 2.32. The summed E-state index contributed by atoms with van der Waals surface area (Å²) >= 11 is 6.09. The minimum absolute atomic E-state index is 0.677. The summed E-state index contributed by atoms with van der Waals surface area (Å²) in [5.74, 6) is 0.899. The summed E-state index contributed by atoms with van der Waals surface area (Å²) in [7, 11) is 4.04. The van der Waals surface area contributed by atoms with E-state index in [0.29, 0.717) is 6.61 Å². The first-order valence-electron chi connectivity index (χ1n) is 7.02. The van der Waals surface area contributed by atoms with Crippen molar-refractivity contribution in [3.05, 3.63) is 53.1 Å². The average molecular weight is 305 g/mol. The minimum Gasteiger partial charge on any atom is -0.494 e. The molecule has 21 heavy (non-hydrogen) atoms. The van der Waals surface area contributed by atoms with Crippen molar-refractivity contribution in [1.82, 2.24) is 0 Å². The van der Waals surface area contributed by atoms with Crippen LogP contribution in [0, 0.1) is 0 Å². The summed E-state index contributed by atoms with van der Waals surface area (Å²) in [4.78, 5) is 2.06. The van der Waals surface area contributed by atoms with E-state index in [4.69, 9.17) is 16.3 Å². The topological polar surface area (TPSA) is 24.5 Å². The van der Waals surface area contributed by atoms with Crippen molar-refractivity contribution in [3.63, 3.8) is 0 Å². The van der Waals surface area contributed by atoms with E-state index >= 15 is 0 Å². The van der Waals surface area contributed by atoms with Crippen LogP contribution < -0.4 is 15.0 Å². The van der Waals surface area contributed by atoms with Crippen LogP contribution in [0.1, 0.15) is 12.5 Å². The third-order valence-corrected chi connectivity index (χ3v) is 3.37. The van der Waals surface area contributed by atoms with Gasteiger partial charge in [-0.2, -0.15) is 0 Å². The molecular weight excluding hydrogens is 284 g/mol. The fourth-order valence-electron chi connectivity index (χ4n) is 2.15. The van der Waals surface area contributed by atoms with Crippen LogP contribution in [0.3, 0.4) is 0 Å². The molecule has 0 saturated carbocycles. The lowest BCUT2D eigenvalue weighted by atomic mass is 10.2. The van der Waals surface area contributed by atoms with Crippen molar-refractivity contribution >= 4 is 23.0 Å². The van der Waals surface area contributed by atoms with Crippen LogP contribution in [0.2, 0.25) is 5.02 Å². The molecule has 0 heterocycles. The van der Waals surface area contributed by atoms with Crippen LogP contribution in [-0.2, 0) is 6.54 Å². The van der Waals surface area contributed by atoms with Crippen LogP contribution in [0.4, 0.5) is 11.4 Å². The Balaban J connectivity index is 2.12. The van der Waals surface area contributed by atoms with Gasteiger partial charge in [-0.3, -0.25) is 0 Å². The number of anilines is 2. The maximum Gasteiger partial charge on any atom is 0.119 e. The first-order chi connectivity index (χ1) is 10.1. The van der Waals surface area contributed by atoms with Gasteiger partial charge in [0.1, 0.15) is 5.75 Å². The summed E-state index contributed by atoms with van der Waals surface area (Å²) in [5, 5.41) is 4.17. The molecule has 0 aromatic heterocycles. The van der Waals surface area contributed by atoms with E-state index in [2.05, 4.69) is 22.3 Å². The summed E-state index contributed by atoms with van der Waals surface area (Å²) in [6.07, 6.45) is 0. The average Bonchev–Trinajstić information content (AvgIpc) is 2.45. The molecule has 3 nitrogen and oxygen atoms in total. The molecular formula is C17H21ClN2O. The number of benzene rings is 2. The van der Waals surface area contributed by atoms with Gasteiger partial charge in [0, 0.05) is 25.7 Å². The van der Waals surface area contributed by atoms with Gasteiger partial charge in [-0.1, -0.05) is 23.7 Å². The molecule has 0 bridgehead atoms. The highest BCUT2D eigenvalue weighted by Crippen LogP contribution is 2.28. The van der Waals surface area contributed by atoms with E-state index in [-0.39, 0.29) is 0 Å². The van der Waals surface area contributed by atoms with Gasteiger partial charge >= 0.3 is 0 Å². The summed E-state index contributed by atoms with van der Waals surface area (Å²) in [6.45, 7) is 3.39. The quantitative estimate of drug-likeness (QED) is 0.855. The monoisotopic (exact) mass is 304 g/mol. The molecule has 0 unspecified atom stereocenters. The highest BCUT2D eigenvalue weighted by molar-refractivity contribution is 6.31. The predicted octanol–water partition coefficient (Wildman–Crippen LogP) is 4.42. The van der Waals surface area contributed by atoms with Gasteiger partial charge in [-0.05, 0) is 42.8 Å². The second-order valence-electron chi connectivity index (χ2n) is 4.99. The van der Waals surface area contributed by atoms with Gasteiger partial charge in [-0.15, -0.1) is 0 Å². The number of hydrogen-bond donors (Lipinski definition) is 1. The normalized spacial score (nSPS) is 10.3. The second-order valence-corrected chi connectivity index (χ2v) is 5.43. The molecule has 0 aliphatic heterocycles. The van der Waals surface area contributed by atoms with Crippen molar-refractivity contribution < 1.29 is 4.74 Å². The molecule has 0 radical (unpaired) electrons. The summed E-state index contributed by atoms with van der Waals surface area (Å²) in [6, 6.07) is 14.0. The third-order valence-electron chi connectivity index (χ3n) is 3.13. The molecule has 0 spiro atoms. The van der Waals surface area contributed by atoms with Gasteiger partial charge in [-0.25, -0.2) is 0 Å². The van der Waals surface area contributed by atoms with Crippen molar-refractivity contribution in [3.8, 4) is 5.75 Å². The third kappa shape index (κ3) is 4.30. The van der Waals surface area contributed by atoms with E-state index in [0.717, 1.165) is 28.7 Å². The first-order valence-corrected chi connectivity index (χ1v) is 7.40. The van der Waals surface area contributed by atoms with E-state index in [1.807, 2.05) is 51.4 Å². The number of nitrogens with zero attached hydrogens (tertiary/aromatic N) is 1. The van der Waals surface area contributed by atoms with Gasteiger partial charge in [0.25, 0.3) is 0 Å². The number of rotatable bonds is 6. The molecule has 0 fully saturated rings. The number of nitrogens with one attached hydrogen (secondary N) is 1. The maximum absolute atomic E-state index is 6.09.